The fourth-order valence-electron chi connectivity index (χ4n) is 5.16. The number of aromatic nitrogens is 7. The molecule has 0 aliphatic heterocycles. The quantitative estimate of drug-likeness (QED) is 0.0321. The average Bonchev–Trinajstić information content (AvgIpc) is 3.67. The first-order valence-corrected chi connectivity index (χ1v) is 16.9. The molecule has 27 nitrogen and oxygen atoms in total. The normalized spacial score (nSPS) is 12.0. The number of para-hydroxylation sites is 3. The van der Waals surface area contributed by atoms with Crippen molar-refractivity contribution >= 4 is 68.8 Å². The van der Waals surface area contributed by atoms with Crippen molar-refractivity contribution in [2.75, 3.05) is 16.8 Å². The molecule has 3 aromatic heterocycles. The molecule has 0 bridgehead atoms. The molecule has 0 unspecified atom stereocenters. The van der Waals surface area contributed by atoms with E-state index in [2.05, 4.69) is 61.2 Å². The third-order valence-corrected chi connectivity index (χ3v) is 7.98. The third kappa shape index (κ3) is 8.42. The Kier molecular flexibility index (Phi) is 11.3. The van der Waals surface area contributed by atoms with Gasteiger partial charge in [-0.3, -0.25) is 30.3 Å². The van der Waals surface area contributed by atoms with Crippen LogP contribution in [-0.4, -0.2) is 55.0 Å². The summed E-state index contributed by atoms with van der Waals surface area (Å²) in [6.45, 7) is 4.41. The number of allylic oxidation sites excluding steroid dienone is 1. The number of nitrogens with zero attached hydrogens (tertiary/aromatic N) is 16. The van der Waals surface area contributed by atoms with E-state index in [0.29, 0.717) is 0 Å². The van der Waals surface area contributed by atoms with Gasteiger partial charge in [-0.05, 0) is 39.0 Å². The lowest BCUT2D eigenvalue weighted by Gasteiger charge is -2.11. The molecule has 3 heterocycles. The van der Waals surface area contributed by atoms with Gasteiger partial charge in [-0.1, -0.05) is 36.4 Å². The van der Waals surface area contributed by atoms with Gasteiger partial charge in [0.2, 0.25) is 5.95 Å². The van der Waals surface area contributed by atoms with Crippen molar-refractivity contribution in [3.63, 3.8) is 0 Å². The monoisotopic (exact) mass is 815 g/mol. The number of nitro benzene ring substituents is 3. The zero-order valence-corrected chi connectivity index (χ0v) is 31.3. The minimum Gasteiger partial charge on any atom is -0.383 e. The maximum absolute atomic E-state index is 11.5. The number of azo groups is 3. The van der Waals surface area contributed by atoms with Crippen molar-refractivity contribution in [1.29, 1.82) is 5.41 Å². The van der Waals surface area contributed by atoms with Gasteiger partial charge in [-0.15, -0.1) is 30.7 Å². The van der Waals surface area contributed by atoms with E-state index in [9.17, 15) is 30.3 Å². The second-order valence-electron chi connectivity index (χ2n) is 12.1. The van der Waals surface area contributed by atoms with Crippen LogP contribution in [0.2, 0.25) is 0 Å². The Morgan fingerprint density at radius 1 is 0.650 bits per heavy atom. The number of hydrogen-bond donors (Lipinski definition) is 5. The fraction of sp³-hybridized carbons (Fsp3) is 0.0909. The fourth-order valence-corrected chi connectivity index (χ4v) is 5.16. The van der Waals surface area contributed by atoms with Crippen LogP contribution in [0.25, 0.3) is 11.9 Å². The summed E-state index contributed by atoms with van der Waals surface area (Å²) < 4.78 is 2.11. The molecule has 0 spiro atoms. The molecule has 60 heavy (non-hydrogen) atoms. The molecule has 0 saturated heterocycles. The Hall–Kier alpha value is -9.30. The van der Waals surface area contributed by atoms with Crippen LogP contribution in [0, 0.1) is 49.6 Å². The number of hydrogen-bond acceptors (Lipinski definition) is 22. The number of nitrogen functional groups attached to an aromatic ring is 2. The van der Waals surface area contributed by atoms with Gasteiger partial charge in [0.05, 0.1) is 31.9 Å². The van der Waals surface area contributed by atoms with Crippen LogP contribution in [0.4, 0.5) is 63.1 Å². The maximum Gasteiger partial charge on any atom is 0.296 e. The second kappa shape index (κ2) is 16.8. The molecule has 6 rings (SSSR count). The van der Waals surface area contributed by atoms with E-state index in [1.54, 1.807) is 12.1 Å². The minimum atomic E-state index is -0.646. The number of anilines is 3. The molecule has 6 aromatic rings. The summed E-state index contributed by atoms with van der Waals surface area (Å²) in [7, 11) is 0. The average molecular weight is 816 g/mol. The zero-order valence-electron chi connectivity index (χ0n) is 31.3. The number of rotatable bonds is 14. The van der Waals surface area contributed by atoms with Gasteiger partial charge in [0.25, 0.3) is 29.0 Å². The Balaban J connectivity index is 1.47. The van der Waals surface area contributed by atoms with Gasteiger partial charge < -0.3 is 27.9 Å². The van der Waals surface area contributed by atoms with E-state index < -0.39 is 14.8 Å². The van der Waals surface area contributed by atoms with E-state index in [1.165, 1.54) is 81.4 Å². The first-order valence-electron chi connectivity index (χ1n) is 16.9. The molecule has 0 fully saturated rings. The summed E-state index contributed by atoms with van der Waals surface area (Å²) in [6.07, 6.45) is 0. The van der Waals surface area contributed by atoms with Gasteiger partial charge in [-0.2, -0.15) is 34.5 Å². The number of nitro groups is 3. The van der Waals surface area contributed by atoms with Crippen LogP contribution in [0.5, 0.6) is 0 Å². The van der Waals surface area contributed by atoms with Gasteiger partial charge in [0.15, 0.2) is 40.1 Å². The molecule has 0 aliphatic rings. The first-order chi connectivity index (χ1) is 28.6. The van der Waals surface area contributed by atoms with Crippen LogP contribution in [-0.2, 0) is 0 Å². The summed E-state index contributed by atoms with van der Waals surface area (Å²) in [6, 6.07) is 16.9. The van der Waals surface area contributed by atoms with Gasteiger partial charge in [-0.25, -0.2) is 0 Å². The summed E-state index contributed by atoms with van der Waals surface area (Å²) in [5, 5.41) is 78.6. The lowest BCUT2D eigenvalue weighted by atomic mass is 10.3. The smallest absolute Gasteiger partial charge is 0.296 e. The molecule has 0 amide bonds. The molecule has 27 heteroatoms. The van der Waals surface area contributed by atoms with Gasteiger partial charge in [0.1, 0.15) is 11.5 Å². The number of nitrogens with two attached hydrogens (primary N) is 3. The van der Waals surface area contributed by atoms with Crippen molar-refractivity contribution in [3.05, 3.63) is 126 Å². The molecule has 3 aromatic carbocycles. The van der Waals surface area contributed by atoms with E-state index in [4.69, 9.17) is 22.6 Å². The van der Waals surface area contributed by atoms with Crippen molar-refractivity contribution in [1.82, 2.24) is 34.5 Å². The zero-order chi connectivity index (χ0) is 43.2. The number of nitrogens with one attached hydrogen (secondary N) is 2. The van der Waals surface area contributed by atoms with E-state index >= 15 is 0 Å². The number of benzene rings is 3. The molecule has 8 N–H and O–H groups in total. The van der Waals surface area contributed by atoms with E-state index in [0.717, 1.165) is 9.36 Å². The standard InChI is InChI=1S/C33H29N21O6/c1-16(34)25(45-42-19-10-4-7-13-22(19)52(55)56)28(35)38-31-39-32(50-29(36)26(17(2)48-50)46-43-20-11-5-8-14-23(20)53(57)58)41-33(40-31)51-30(37)27(18(3)49-51)47-44-21-12-6-9-15-24(21)54(59)60/h4-15,34H,35-37H2,1-3H3,(H,38,39,40,41)/b28-25+,34-16?,45-42?,46-43?,47-44?. The molecule has 0 saturated carbocycles. The van der Waals surface area contributed by atoms with Crippen molar-refractivity contribution in [2.24, 2.45) is 36.4 Å². The summed E-state index contributed by atoms with van der Waals surface area (Å²) in [5.41, 5.74) is 18.1. The first kappa shape index (κ1) is 40.4. The highest BCUT2D eigenvalue weighted by molar-refractivity contribution is 5.96. The van der Waals surface area contributed by atoms with Crippen LogP contribution < -0.4 is 22.5 Å². The number of aryl methyl sites for hydroxylation is 2. The van der Waals surface area contributed by atoms with Crippen LogP contribution in [0.3, 0.4) is 0 Å². The maximum atomic E-state index is 11.5. The summed E-state index contributed by atoms with van der Waals surface area (Å²) in [4.78, 5) is 46.0. The molecular formula is C33H29N21O6. The van der Waals surface area contributed by atoms with Crippen LogP contribution in [0.15, 0.2) is 115 Å². The minimum absolute atomic E-state index is 0.00770. The SMILES string of the molecule is CC(=N)/C(N=Nc1ccccc1[N+](=O)[O-])=C(/N)Nc1nc(-n2nc(C)c(N=Nc3ccccc3[N+](=O)[O-])c2N)nc(-n2nc(C)c(N=Nc3ccccc3[N+](=O)[O-])c2N)n1. The van der Waals surface area contributed by atoms with Crippen molar-refractivity contribution < 1.29 is 14.8 Å². The highest BCUT2D eigenvalue weighted by Crippen LogP contribution is 2.35. The molecule has 302 valence electrons. The lowest BCUT2D eigenvalue weighted by molar-refractivity contribution is -0.384. The predicted octanol–water partition coefficient (Wildman–Crippen LogP) is 6.94. The van der Waals surface area contributed by atoms with E-state index in [-0.39, 0.29) is 104 Å². The molecule has 0 atom stereocenters. The summed E-state index contributed by atoms with van der Waals surface area (Å²) >= 11 is 0. The van der Waals surface area contributed by atoms with Crippen LogP contribution >= 0.6 is 0 Å². The second-order valence-corrected chi connectivity index (χ2v) is 12.1. The topological polar surface area (TPSA) is 392 Å². The Labute approximate surface area is 335 Å². The van der Waals surface area contributed by atoms with Crippen LogP contribution in [0.1, 0.15) is 18.3 Å². The highest BCUT2D eigenvalue weighted by Gasteiger charge is 2.23. The molecule has 0 radical (unpaired) electrons. The Morgan fingerprint density at radius 2 is 1.03 bits per heavy atom. The van der Waals surface area contributed by atoms with E-state index in [1.807, 2.05) is 0 Å². The third-order valence-electron chi connectivity index (χ3n) is 7.98. The molecule has 0 aliphatic carbocycles. The predicted molar refractivity (Wildman–Crippen MR) is 213 cm³/mol. The van der Waals surface area contributed by atoms with Crippen molar-refractivity contribution in [3.8, 4) is 11.9 Å². The summed E-state index contributed by atoms with van der Waals surface area (Å²) in [5.74, 6) is -1.56. The molecular weight excluding hydrogens is 787 g/mol. The Bertz CT molecular complexity index is 2710. The van der Waals surface area contributed by atoms with Gasteiger partial charge in [0, 0.05) is 18.2 Å². The highest BCUT2D eigenvalue weighted by atomic mass is 16.6. The largest absolute Gasteiger partial charge is 0.383 e. The lowest BCUT2D eigenvalue weighted by Crippen LogP contribution is -2.20. The van der Waals surface area contributed by atoms with Gasteiger partial charge >= 0.3 is 0 Å². The Morgan fingerprint density at radius 3 is 1.42 bits per heavy atom. The van der Waals surface area contributed by atoms with Crippen molar-refractivity contribution in [2.45, 2.75) is 20.8 Å².